The van der Waals surface area contributed by atoms with Crippen molar-refractivity contribution in [2.75, 3.05) is 26.4 Å². The first kappa shape index (κ1) is 39.0. The highest BCUT2D eigenvalue weighted by Gasteiger charge is 2.27. The number of carbonyl (C=O) groups is 2. The molecule has 0 aliphatic carbocycles. The van der Waals surface area contributed by atoms with Gasteiger partial charge in [0.25, 0.3) is 0 Å². The van der Waals surface area contributed by atoms with Crippen LogP contribution in [-0.2, 0) is 32.7 Å². The number of aliphatic hydroxyl groups excluding tert-OH is 2. The van der Waals surface area contributed by atoms with E-state index < -0.39 is 58.4 Å². The van der Waals surface area contributed by atoms with Gasteiger partial charge in [0.05, 0.1) is 26.4 Å². The summed E-state index contributed by atoms with van der Waals surface area (Å²) in [5, 5.41) is 18.8. The van der Waals surface area contributed by atoms with Gasteiger partial charge in [0.2, 0.25) is 0 Å². The maximum atomic E-state index is 12.1. The van der Waals surface area contributed by atoms with E-state index in [2.05, 4.69) is 13.8 Å². The van der Waals surface area contributed by atoms with Crippen LogP contribution in [0.3, 0.4) is 0 Å². The molecule has 0 spiro atoms. The summed E-state index contributed by atoms with van der Waals surface area (Å²) < 4.78 is 32.0. The van der Waals surface area contributed by atoms with E-state index in [1.165, 1.54) is 57.8 Å². The number of unbranched alkanes of at least 4 members (excludes halogenated alkanes) is 15. The standard InChI is InChI=1S/C29H57O10P/c1-3-5-7-9-10-11-12-13-14-15-16-17-19-21-29(33)39-27(23-31)25-37-40(34,35)36-24-26(22-30)38-28(32)20-18-8-6-4-2/h26-27,30-31H,3-25H2,1-2H3,(H,34,35). The fourth-order valence-electron chi connectivity index (χ4n) is 4.11. The third-order valence-electron chi connectivity index (χ3n) is 6.57. The summed E-state index contributed by atoms with van der Waals surface area (Å²) in [7, 11) is -4.60. The quantitative estimate of drug-likeness (QED) is 0.0504. The molecular weight excluding hydrogens is 539 g/mol. The van der Waals surface area contributed by atoms with E-state index in [1.54, 1.807) is 0 Å². The van der Waals surface area contributed by atoms with Crippen molar-refractivity contribution in [3.63, 3.8) is 0 Å². The van der Waals surface area contributed by atoms with Gasteiger partial charge in [-0.1, -0.05) is 110 Å². The van der Waals surface area contributed by atoms with Crippen LogP contribution in [0.5, 0.6) is 0 Å². The summed E-state index contributed by atoms with van der Waals surface area (Å²) in [6.45, 7) is 2.02. The molecule has 0 bridgehead atoms. The van der Waals surface area contributed by atoms with Crippen molar-refractivity contribution < 1.29 is 47.8 Å². The molecule has 0 rings (SSSR count). The van der Waals surface area contributed by atoms with E-state index in [9.17, 15) is 29.3 Å². The van der Waals surface area contributed by atoms with Gasteiger partial charge in [0, 0.05) is 12.8 Å². The highest BCUT2D eigenvalue weighted by atomic mass is 31.2. The molecule has 0 aromatic heterocycles. The molecule has 0 radical (unpaired) electrons. The Morgan fingerprint density at radius 2 is 0.875 bits per heavy atom. The van der Waals surface area contributed by atoms with Gasteiger partial charge >= 0.3 is 19.8 Å². The van der Waals surface area contributed by atoms with Crippen LogP contribution in [0.1, 0.15) is 136 Å². The smallest absolute Gasteiger partial charge is 0.457 e. The molecule has 0 aromatic rings. The highest BCUT2D eigenvalue weighted by molar-refractivity contribution is 7.47. The monoisotopic (exact) mass is 596 g/mol. The number of phosphoric acid groups is 1. The molecule has 3 atom stereocenters. The molecule has 0 amide bonds. The third kappa shape index (κ3) is 24.7. The van der Waals surface area contributed by atoms with Gasteiger partial charge in [-0.3, -0.25) is 18.6 Å². The molecule has 0 saturated carbocycles. The van der Waals surface area contributed by atoms with Crippen LogP contribution in [0.25, 0.3) is 0 Å². The SMILES string of the molecule is CCCCCCCCCCCCCCCC(=O)OC(CO)COP(=O)(O)OCC(CO)OC(=O)CCCCCC. The number of ether oxygens (including phenoxy) is 2. The molecule has 0 aliphatic rings. The Morgan fingerprint density at radius 1 is 0.575 bits per heavy atom. The van der Waals surface area contributed by atoms with Crippen LogP contribution in [0.4, 0.5) is 0 Å². The summed E-state index contributed by atoms with van der Waals surface area (Å²) in [4.78, 5) is 33.8. The van der Waals surface area contributed by atoms with E-state index in [4.69, 9.17) is 18.5 Å². The number of phosphoric ester groups is 1. The minimum atomic E-state index is -4.60. The summed E-state index contributed by atoms with van der Waals surface area (Å²) in [6, 6.07) is 0. The Balaban J connectivity index is 3.99. The van der Waals surface area contributed by atoms with Gasteiger partial charge in [-0.05, 0) is 12.8 Å². The Hall–Kier alpha value is -1.03. The Labute approximate surface area is 242 Å². The summed E-state index contributed by atoms with van der Waals surface area (Å²) in [5.41, 5.74) is 0. The predicted octanol–water partition coefficient (Wildman–Crippen LogP) is 6.38. The highest BCUT2D eigenvalue weighted by Crippen LogP contribution is 2.43. The van der Waals surface area contributed by atoms with Crippen LogP contribution >= 0.6 is 7.82 Å². The Kier molecular flexibility index (Phi) is 26.2. The number of carbonyl (C=O) groups excluding carboxylic acids is 2. The first-order valence-corrected chi connectivity index (χ1v) is 17.0. The van der Waals surface area contributed by atoms with Crippen molar-refractivity contribution in [3.05, 3.63) is 0 Å². The van der Waals surface area contributed by atoms with Crippen molar-refractivity contribution in [1.82, 2.24) is 0 Å². The molecule has 3 N–H and O–H groups in total. The lowest BCUT2D eigenvalue weighted by molar-refractivity contribution is -0.153. The van der Waals surface area contributed by atoms with Gasteiger partial charge in [0.15, 0.2) is 0 Å². The van der Waals surface area contributed by atoms with E-state index >= 15 is 0 Å². The third-order valence-corrected chi connectivity index (χ3v) is 7.52. The van der Waals surface area contributed by atoms with Crippen LogP contribution in [0.15, 0.2) is 0 Å². The lowest BCUT2D eigenvalue weighted by Crippen LogP contribution is -2.28. The maximum Gasteiger partial charge on any atom is 0.472 e. The first-order chi connectivity index (χ1) is 19.3. The van der Waals surface area contributed by atoms with Crippen LogP contribution in [-0.4, -0.2) is 65.7 Å². The Morgan fingerprint density at radius 3 is 1.20 bits per heavy atom. The lowest BCUT2D eigenvalue weighted by atomic mass is 10.0. The number of aliphatic hydroxyl groups is 2. The van der Waals surface area contributed by atoms with Crippen LogP contribution in [0, 0.1) is 0 Å². The molecule has 40 heavy (non-hydrogen) atoms. The molecule has 11 heteroatoms. The maximum absolute atomic E-state index is 12.1. The minimum absolute atomic E-state index is 0.187. The molecule has 0 saturated heterocycles. The van der Waals surface area contributed by atoms with Crippen molar-refractivity contribution in [2.45, 2.75) is 148 Å². The lowest BCUT2D eigenvalue weighted by Gasteiger charge is -2.20. The molecule has 0 aromatic carbocycles. The summed E-state index contributed by atoms with van der Waals surface area (Å²) in [5.74, 6) is -1.03. The zero-order chi connectivity index (χ0) is 29.9. The minimum Gasteiger partial charge on any atom is -0.457 e. The molecular formula is C29H57O10P. The van der Waals surface area contributed by atoms with Gasteiger partial charge in [-0.15, -0.1) is 0 Å². The second kappa shape index (κ2) is 26.8. The normalized spacial score (nSPS) is 14.4. The fraction of sp³-hybridized carbons (Fsp3) is 0.931. The average Bonchev–Trinajstić information content (AvgIpc) is 2.93. The number of hydrogen-bond acceptors (Lipinski definition) is 9. The van der Waals surface area contributed by atoms with Crippen LogP contribution < -0.4 is 0 Å². The molecule has 3 unspecified atom stereocenters. The van der Waals surface area contributed by atoms with E-state index in [-0.39, 0.29) is 12.8 Å². The largest absolute Gasteiger partial charge is 0.472 e. The van der Waals surface area contributed by atoms with Gasteiger partial charge in [-0.25, -0.2) is 4.57 Å². The molecule has 0 heterocycles. The van der Waals surface area contributed by atoms with E-state index in [1.807, 2.05) is 0 Å². The van der Waals surface area contributed by atoms with Gasteiger partial charge < -0.3 is 24.6 Å². The number of esters is 2. The van der Waals surface area contributed by atoms with Gasteiger partial charge in [0.1, 0.15) is 12.2 Å². The second-order valence-electron chi connectivity index (χ2n) is 10.5. The average molecular weight is 597 g/mol. The zero-order valence-electron chi connectivity index (χ0n) is 25.1. The van der Waals surface area contributed by atoms with E-state index in [0.717, 1.165) is 38.5 Å². The zero-order valence-corrected chi connectivity index (χ0v) is 26.0. The van der Waals surface area contributed by atoms with Crippen molar-refractivity contribution >= 4 is 19.8 Å². The fourth-order valence-corrected chi connectivity index (χ4v) is 4.90. The van der Waals surface area contributed by atoms with Crippen molar-refractivity contribution in [1.29, 1.82) is 0 Å². The summed E-state index contributed by atoms with van der Waals surface area (Å²) in [6.07, 6.45) is 17.3. The summed E-state index contributed by atoms with van der Waals surface area (Å²) >= 11 is 0. The Bertz CT molecular complexity index is 661. The van der Waals surface area contributed by atoms with E-state index in [0.29, 0.717) is 12.8 Å². The molecule has 238 valence electrons. The number of rotatable bonds is 29. The first-order valence-electron chi connectivity index (χ1n) is 15.5. The second-order valence-corrected chi connectivity index (χ2v) is 11.9. The molecule has 10 nitrogen and oxygen atoms in total. The van der Waals surface area contributed by atoms with Crippen molar-refractivity contribution in [3.8, 4) is 0 Å². The van der Waals surface area contributed by atoms with Crippen molar-refractivity contribution in [2.24, 2.45) is 0 Å². The topological polar surface area (TPSA) is 149 Å². The molecule has 0 aliphatic heterocycles. The predicted molar refractivity (Wildman–Crippen MR) is 155 cm³/mol. The molecule has 0 fully saturated rings. The van der Waals surface area contributed by atoms with Gasteiger partial charge in [-0.2, -0.15) is 0 Å². The van der Waals surface area contributed by atoms with Crippen LogP contribution in [0.2, 0.25) is 0 Å². The number of hydrogen-bond donors (Lipinski definition) is 3.